The minimum absolute atomic E-state index is 0.0113. The van der Waals surface area contributed by atoms with Crippen molar-refractivity contribution in [2.45, 2.75) is 25.4 Å². The summed E-state index contributed by atoms with van der Waals surface area (Å²) in [6.07, 6.45) is 5.61. The van der Waals surface area contributed by atoms with Gasteiger partial charge in [0.2, 0.25) is 11.8 Å². The second-order valence-corrected chi connectivity index (χ2v) is 7.36. The second kappa shape index (κ2) is 8.44. The highest BCUT2D eigenvalue weighted by Gasteiger charge is 2.32. The summed E-state index contributed by atoms with van der Waals surface area (Å²) < 4.78 is 7.21. The van der Waals surface area contributed by atoms with E-state index in [0.29, 0.717) is 24.9 Å². The zero-order valence-corrected chi connectivity index (χ0v) is 16.7. The largest absolute Gasteiger partial charge is 0.351 e. The molecule has 0 spiro atoms. The predicted molar refractivity (Wildman–Crippen MR) is 108 cm³/mol. The van der Waals surface area contributed by atoms with Crippen LogP contribution in [0.2, 0.25) is 0 Å². The number of hydrogen-bond donors (Lipinski definition) is 1. The number of hydrogen-bond acceptors (Lipinski definition) is 7. The zero-order valence-electron chi connectivity index (χ0n) is 16.7. The van der Waals surface area contributed by atoms with Gasteiger partial charge in [-0.1, -0.05) is 18.2 Å². The lowest BCUT2D eigenvalue weighted by Gasteiger charge is -2.20. The number of anilines is 1. The van der Waals surface area contributed by atoms with Crippen LogP contribution in [0.15, 0.2) is 47.2 Å². The van der Waals surface area contributed by atoms with E-state index in [0.717, 1.165) is 30.6 Å². The zero-order chi connectivity index (χ0) is 20.2. The smallest absolute Gasteiger partial charge is 0.265 e. The van der Waals surface area contributed by atoms with Crippen LogP contribution >= 0.6 is 0 Å². The van der Waals surface area contributed by atoms with Crippen molar-refractivity contribution in [3.8, 4) is 5.69 Å². The van der Waals surface area contributed by atoms with Crippen LogP contribution in [0, 0.1) is 0 Å². The summed E-state index contributed by atoms with van der Waals surface area (Å²) in [7, 11) is 3.74. The Morgan fingerprint density at radius 3 is 2.90 bits per heavy atom. The van der Waals surface area contributed by atoms with Gasteiger partial charge < -0.3 is 14.7 Å². The van der Waals surface area contributed by atoms with Crippen LogP contribution in [-0.4, -0.2) is 57.9 Å². The van der Waals surface area contributed by atoms with Crippen molar-refractivity contribution in [2.24, 2.45) is 0 Å². The van der Waals surface area contributed by atoms with E-state index in [1.165, 1.54) is 0 Å². The van der Waals surface area contributed by atoms with Crippen molar-refractivity contribution in [1.29, 1.82) is 0 Å². The molecule has 3 heterocycles. The van der Waals surface area contributed by atoms with Crippen LogP contribution in [-0.2, 0) is 11.3 Å². The van der Waals surface area contributed by atoms with E-state index in [2.05, 4.69) is 25.5 Å². The summed E-state index contributed by atoms with van der Waals surface area (Å²) in [5.74, 6) is 1.09. The standard InChI is InChI=1S/C20H25N7O2/c1-25(2)20-23-19(29-24-20)17-9-6-10-26(17)14-18(28)21-11-15-12-22-27(13-15)16-7-4-3-5-8-16/h3-5,7-8,12-13,17H,6,9-11,14H2,1-2H3,(H,21,28). The van der Waals surface area contributed by atoms with Gasteiger partial charge in [-0.2, -0.15) is 10.1 Å². The second-order valence-electron chi connectivity index (χ2n) is 7.36. The van der Waals surface area contributed by atoms with Gasteiger partial charge in [0.25, 0.3) is 5.95 Å². The maximum absolute atomic E-state index is 12.5. The Balaban J connectivity index is 1.32. The molecule has 1 saturated heterocycles. The number of rotatable bonds is 7. The highest BCUT2D eigenvalue weighted by molar-refractivity contribution is 5.78. The van der Waals surface area contributed by atoms with Gasteiger partial charge in [0.15, 0.2) is 0 Å². The Labute approximate surface area is 169 Å². The number of nitrogens with zero attached hydrogens (tertiary/aromatic N) is 6. The average molecular weight is 395 g/mol. The molecular weight excluding hydrogens is 370 g/mol. The third kappa shape index (κ3) is 4.45. The van der Waals surface area contributed by atoms with Crippen LogP contribution in [0.4, 0.5) is 5.95 Å². The lowest BCUT2D eigenvalue weighted by atomic mass is 10.2. The molecule has 1 amide bonds. The van der Waals surface area contributed by atoms with Crippen LogP contribution in [0.5, 0.6) is 0 Å². The number of amides is 1. The first-order valence-corrected chi connectivity index (χ1v) is 9.71. The van der Waals surface area contributed by atoms with E-state index in [4.69, 9.17) is 4.52 Å². The van der Waals surface area contributed by atoms with Gasteiger partial charge in [0, 0.05) is 32.4 Å². The fraction of sp³-hybridized carbons (Fsp3) is 0.400. The molecule has 1 unspecified atom stereocenters. The summed E-state index contributed by atoms with van der Waals surface area (Å²) in [6, 6.07) is 9.87. The van der Waals surface area contributed by atoms with Crippen LogP contribution in [0.1, 0.15) is 30.3 Å². The number of para-hydroxylation sites is 1. The molecule has 0 radical (unpaired) electrons. The predicted octanol–water partition coefficient (Wildman–Crippen LogP) is 1.77. The van der Waals surface area contributed by atoms with Crippen LogP contribution < -0.4 is 10.2 Å². The highest BCUT2D eigenvalue weighted by atomic mass is 16.5. The SMILES string of the molecule is CN(C)c1noc(C2CCCN2CC(=O)NCc2cnn(-c3ccccc3)c2)n1. The molecule has 4 rings (SSSR count). The third-order valence-electron chi connectivity index (χ3n) is 4.97. The Bertz CT molecular complexity index is 951. The van der Waals surface area contributed by atoms with E-state index >= 15 is 0 Å². The molecule has 152 valence electrons. The first-order valence-electron chi connectivity index (χ1n) is 9.71. The number of carbonyl (C=O) groups is 1. The van der Waals surface area contributed by atoms with Crippen molar-refractivity contribution in [2.75, 3.05) is 32.1 Å². The molecule has 1 aromatic carbocycles. The van der Waals surface area contributed by atoms with Crippen LogP contribution in [0.25, 0.3) is 5.69 Å². The van der Waals surface area contributed by atoms with Crippen LogP contribution in [0.3, 0.4) is 0 Å². The molecule has 1 fully saturated rings. The minimum atomic E-state index is -0.0308. The lowest BCUT2D eigenvalue weighted by molar-refractivity contribution is -0.122. The Kier molecular flexibility index (Phi) is 5.57. The molecular formula is C20H25N7O2. The molecule has 0 bridgehead atoms. The first-order chi connectivity index (χ1) is 14.1. The molecule has 1 aliphatic rings. The van der Waals surface area contributed by atoms with Gasteiger partial charge in [-0.05, 0) is 36.7 Å². The first kappa shape index (κ1) is 19.1. The van der Waals surface area contributed by atoms with Crippen molar-refractivity contribution in [3.63, 3.8) is 0 Å². The van der Waals surface area contributed by atoms with Gasteiger partial charge in [-0.25, -0.2) is 4.68 Å². The van der Waals surface area contributed by atoms with E-state index in [1.807, 2.05) is 50.6 Å². The normalized spacial score (nSPS) is 16.8. The lowest BCUT2D eigenvalue weighted by Crippen LogP contribution is -2.36. The Morgan fingerprint density at radius 2 is 2.14 bits per heavy atom. The summed E-state index contributed by atoms with van der Waals surface area (Å²) in [4.78, 5) is 20.8. The minimum Gasteiger partial charge on any atom is -0.351 e. The van der Waals surface area contributed by atoms with Gasteiger partial charge in [-0.3, -0.25) is 9.69 Å². The van der Waals surface area contributed by atoms with Crippen molar-refractivity contribution >= 4 is 11.9 Å². The molecule has 1 N–H and O–H groups in total. The molecule has 3 aromatic rings. The highest BCUT2D eigenvalue weighted by Crippen LogP contribution is 2.31. The van der Waals surface area contributed by atoms with Crippen molar-refractivity contribution in [3.05, 3.63) is 54.2 Å². The van der Waals surface area contributed by atoms with Gasteiger partial charge in [0.1, 0.15) is 0 Å². The fourth-order valence-electron chi connectivity index (χ4n) is 3.45. The van der Waals surface area contributed by atoms with E-state index < -0.39 is 0 Å². The maximum atomic E-state index is 12.5. The molecule has 9 nitrogen and oxygen atoms in total. The Hall–Kier alpha value is -3.20. The summed E-state index contributed by atoms with van der Waals surface area (Å²) in [6.45, 7) is 1.58. The van der Waals surface area contributed by atoms with Gasteiger partial charge in [-0.15, -0.1) is 0 Å². The van der Waals surface area contributed by atoms with E-state index in [9.17, 15) is 4.79 Å². The summed E-state index contributed by atoms with van der Waals surface area (Å²) >= 11 is 0. The number of aromatic nitrogens is 4. The maximum Gasteiger partial charge on any atom is 0.265 e. The number of likely N-dealkylation sites (tertiary alicyclic amines) is 1. The molecule has 1 aliphatic heterocycles. The number of carbonyl (C=O) groups excluding carboxylic acids is 1. The molecule has 0 aliphatic carbocycles. The third-order valence-corrected chi connectivity index (χ3v) is 4.97. The summed E-state index contributed by atoms with van der Waals surface area (Å²) in [5, 5.41) is 11.3. The molecule has 0 saturated carbocycles. The van der Waals surface area contributed by atoms with E-state index in [1.54, 1.807) is 15.8 Å². The molecule has 2 aromatic heterocycles. The van der Waals surface area contributed by atoms with Gasteiger partial charge in [0.05, 0.1) is 24.5 Å². The molecule has 1 atom stereocenters. The van der Waals surface area contributed by atoms with Gasteiger partial charge >= 0.3 is 0 Å². The Morgan fingerprint density at radius 1 is 1.31 bits per heavy atom. The summed E-state index contributed by atoms with van der Waals surface area (Å²) in [5.41, 5.74) is 1.94. The monoisotopic (exact) mass is 395 g/mol. The number of benzene rings is 1. The van der Waals surface area contributed by atoms with Crippen molar-refractivity contribution < 1.29 is 9.32 Å². The molecule has 29 heavy (non-hydrogen) atoms. The van der Waals surface area contributed by atoms with Crippen molar-refractivity contribution in [1.82, 2.24) is 30.1 Å². The fourth-order valence-corrected chi connectivity index (χ4v) is 3.45. The average Bonchev–Trinajstić information content (AvgIpc) is 3.47. The molecule has 9 heteroatoms. The quantitative estimate of drug-likeness (QED) is 0.652. The topological polar surface area (TPSA) is 92.3 Å². The van der Waals surface area contributed by atoms with E-state index in [-0.39, 0.29) is 11.9 Å². The number of nitrogens with one attached hydrogen (secondary N) is 1.